The zero-order chi connectivity index (χ0) is 33.1. The van der Waals surface area contributed by atoms with Gasteiger partial charge in [-0.1, -0.05) is 140 Å². The number of hydrogen-bond donors (Lipinski definition) is 0. The van der Waals surface area contributed by atoms with Crippen LogP contribution in [0.15, 0.2) is 194 Å². The normalized spacial score (nSPS) is 18.0. The molecule has 0 saturated heterocycles. The first kappa shape index (κ1) is 28.7. The molecule has 0 N–H and O–H groups in total. The Bertz CT molecular complexity index is 2410. The van der Waals surface area contributed by atoms with Crippen LogP contribution >= 0.6 is 0 Å². The fourth-order valence-electron chi connectivity index (χ4n) is 8.82. The predicted molar refractivity (Wildman–Crippen MR) is 203 cm³/mol. The van der Waals surface area contributed by atoms with Gasteiger partial charge in [0.1, 0.15) is 0 Å². The topological polar surface area (TPSA) is 29.0 Å². The smallest absolute Gasteiger partial charge is 0.0738 e. The van der Waals surface area contributed by atoms with Crippen molar-refractivity contribution in [3.8, 4) is 22.4 Å². The minimum Gasteiger partial charge on any atom is -0.333 e. The lowest BCUT2D eigenvalue weighted by Crippen LogP contribution is -2.37. The number of hydrogen-bond acceptors (Lipinski definition) is 3. The van der Waals surface area contributed by atoms with Gasteiger partial charge in [0.05, 0.1) is 17.2 Å². The minimum absolute atomic E-state index is 0.00176. The van der Waals surface area contributed by atoms with E-state index >= 15 is 0 Å². The van der Waals surface area contributed by atoms with E-state index in [1.165, 1.54) is 55.8 Å². The quantitative estimate of drug-likeness (QED) is 0.192. The Labute approximate surface area is 292 Å². The Kier molecular flexibility index (Phi) is 6.53. The van der Waals surface area contributed by atoms with Crippen LogP contribution in [0.5, 0.6) is 0 Å². The summed E-state index contributed by atoms with van der Waals surface area (Å²) in [7, 11) is 0. The number of rotatable bonds is 4. The maximum Gasteiger partial charge on any atom is 0.0738 e. The Morgan fingerprint density at radius 2 is 1.24 bits per heavy atom. The summed E-state index contributed by atoms with van der Waals surface area (Å²) in [6.45, 7) is 0. The summed E-state index contributed by atoms with van der Waals surface area (Å²) < 4.78 is 0. The number of fused-ring (bicyclic) bond motifs is 8. The van der Waals surface area contributed by atoms with Crippen molar-refractivity contribution in [3.05, 3.63) is 222 Å². The molecule has 5 aromatic carbocycles. The van der Waals surface area contributed by atoms with Gasteiger partial charge in [0.2, 0.25) is 0 Å². The number of nitrogens with zero attached hydrogens (tertiary/aromatic N) is 3. The summed E-state index contributed by atoms with van der Waals surface area (Å²) in [5.41, 5.74) is 15.4. The molecule has 2 aliphatic carbocycles. The fourth-order valence-corrected chi connectivity index (χ4v) is 8.82. The lowest BCUT2D eigenvalue weighted by molar-refractivity contribution is 0.675. The number of aromatic nitrogens is 2. The predicted octanol–water partition coefficient (Wildman–Crippen LogP) is 10.8. The maximum atomic E-state index is 4.80. The van der Waals surface area contributed by atoms with Crippen LogP contribution in [0.25, 0.3) is 28.0 Å². The molecular weight excluding hydrogens is 607 g/mol. The molecule has 0 spiro atoms. The summed E-state index contributed by atoms with van der Waals surface area (Å²) in [6.07, 6.45) is 10.8. The Morgan fingerprint density at radius 1 is 0.560 bits per heavy atom. The van der Waals surface area contributed by atoms with Gasteiger partial charge in [-0.15, -0.1) is 0 Å². The van der Waals surface area contributed by atoms with E-state index in [9.17, 15) is 0 Å². The van der Waals surface area contributed by atoms with E-state index in [0.717, 1.165) is 16.9 Å². The molecule has 0 radical (unpaired) electrons. The number of anilines is 2. The molecule has 7 aromatic rings. The van der Waals surface area contributed by atoms with E-state index in [-0.39, 0.29) is 12.0 Å². The molecule has 3 heteroatoms. The highest BCUT2D eigenvalue weighted by molar-refractivity contribution is 5.97. The zero-order valence-electron chi connectivity index (χ0n) is 27.4. The number of pyridine rings is 2. The third-order valence-electron chi connectivity index (χ3n) is 10.8. The average molecular weight is 640 g/mol. The van der Waals surface area contributed by atoms with Gasteiger partial charge in [0, 0.05) is 47.0 Å². The molecule has 50 heavy (non-hydrogen) atoms. The summed E-state index contributed by atoms with van der Waals surface area (Å²) in [6, 6.07) is 57.5. The van der Waals surface area contributed by atoms with Gasteiger partial charge in [-0.3, -0.25) is 9.97 Å². The molecule has 2 atom stereocenters. The van der Waals surface area contributed by atoms with Crippen molar-refractivity contribution in [1.29, 1.82) is 0 Å². The summed E-state index contributed by atoms with van der Waals surface area (Å²) in [5, 5.41) is 0. The first-order valence-electron chi connectivity index (χ1n) is 17.3. The van der Waals surface area contributed by atoms with Crippen molar-refractivity contribution in [2.75, 3.05) is 4.90 Å². The molecule has 0 amide bonds. The van der Waals surface area contributed by atoms with Crippen LogP contribution in [-0.4, -0.2) is 16.0 Å². The lowest BCUT2D eigenvalue weighted by atomic mass is 9.65. The number of para-hydroxylation sites is 1. The molecule has 0 saturated carbocycles. The largest absolute Gasteiger partial charge is 0.333 e. The maximum absolute atomic E-state index is 4.80. The first-order valence-corrected chi connectivity index (χ1v) is 17.3. The minimum atomic E-state index is -0.459. The number of benzene rings is 5. The standard InChI is InChI=1S/C47H33N3/c1-3-15-33(16-4-1)47(34-17-5-2-6-18-34)42-23-11-9-21-38(42)40-30-46-41(29-43(40)47)37-20-8-7-19-36(37)39-22-10-12-24-45(39)50(46)35-25-27-49-44(28-35)32-14-13-26-48-31-32/h1-31,41,46H. The van der Waals surface area contributed by atoms with E-state index in [1.807, 2.05) is 24.7 Å². The van der Waals surface area contributed by atoms with Crippen molar-refractivity contribution in [1.82, 2.24) is 9.97 Å². The molecule has 10 rings (SSSR count). The van der Waals surface area contributed by atoms with Crippen LogP contribution in [0, 0.1) is 0 Å². The van der Waals surface area contributed by atoms with Gasteiger partial charge in [0.15, 0.2) is 0 Å². The van der Waals surface area contributed by atoms with E-state index in [2.05, 4.69) is 174 Å². The highest BCUT2D eigenvalue weighted by Crippen LogP contribution is 2.61. The Morgan fingerprint density at radius 3 is 2.00 bits per heavy atom. The molecule has 1 aliphatic heterocycles. The van der Waals surface area contributed by atoms with Crippen LogP contribution in [0.2, 0.25) is 0 Å². The first-order chi connectivity index (χ1) is 24.8. The van der Waals surface area contributed by atoms with E-state index in [1.54, 1.807) is 0 Å². The molecule has 2 unspecified atom stereocenters. The highest BCUT2D eigenvalue weighted by Gasteiger charge is 2.51. The Hall–Kier alpha value is -6.32. The van der Waals surface area contributed by atoms with Crippen molar-refractivity contribution < 1.29 is 0 Å². The van der Waals surface area contributed by atoms with Crippen molar-refractivity contribution in [2.45, 2.75) is 17.4 Å². The monoisotopic (exact) mass is 639 g/mol. The van der Waals surface area contributed by atoms with Crippen LogP contribution in [0.1, 0.15) is 33.7 Å². The van der Waals surface area contributed by atoms with Crippen molar-refractivity contribution in [3.63, 3.8) is 0 Å². The molecule has 3 aliphatic rings. The van der Waals surface area contributed by atoms with Gasteiger partial charge in [-0.05, 0) is 74.9 Å². The van der Waals surface area contributed by atoms with Crippen LogP contribution in [-0.2, 0) is 5.41 Å². The summed E-state index contributed by atoms with van der Waals surface area (Å²) >= 11 is 0. The van der Waals surface area contributed by atoms with E-state index < -0.39 is 5.41 Å². The molecule has 3 heterocycles. The molecule has 236 valence electrons. The van der Waals surface area contributed by atoms with Gasteiger partial charge in [-0.25, -0.2) is 0 Å². The van der Waals surface area contributed by atoms with Gasteiger partial charge in [-0.2, -0.15) is 0 Å². The second-order valence-electron chi connectivity index (χ2n) is 13.3. The van der Waals surface area contributed by atoms with Crippen LogP contribution in [0.3, 0.4) is 0 Å². The van der Waals surface area contributed by atoms with Gasteiger partial charge in [0.25, 0.3) is 0 Å². The summed E-state index contributed by atoms with van der Waals surface area (Å²) in [4.78, 5) is 11.8. The zero-order valence-corrected chi connectivity index (χ0v) is 27.4. The molecular formula is C47H33N3. The fraction of sp³-hybridized carbons (Fsp3) is 0.0638. The SMILES string of the molecule is C1=C2C(=CC3c4ccccc4-c4ccccc4N(c4ccnc(-c5cccnc5)c4)C13)C(c1ccccc1)(c1ccccc1)c1ccccc12. The molecule has 2 aromatic heterocycles. The van der Waals surface area contributed by atoms with Crippen LogP contribution < -0.4 is 4.90 Å². The second kappa shape index (κ2) is 11.4. The van der Waals surface area contributed by atoms with Crippen LogP contribution in [0.4, 0.5) is 11.4 Å². The summed E-state index contributed by atoms with van der Waals surface area (Å²) in [5.74, 6) is 0.0634. The van der Waals surface area contributed by atoms with E-state index in [4.69, 9.17) is 4.98 Å². The Balaban J connectivity index is 1.28. The van der Waals surface area contributed by atoms with Crippen molar-refractivity contribution >= 4 is 16.9 Å². The van der Waals surface area contributed by atoms with Gasteiger partial charge >= 0.3 is 0 Å². The van der Waals surface area contributed by atoms with Gasteiger partial charge < -0.3 is 4.90 Å². The highest BCUT2D eigenvalue weighted by atomic mass is 15.2. The third-order valence-corrected chi connectivity index (χ3v) is 10.8. The molecule has 0 fully saturated rings. The number of allylic oxidation sites excluding steroid dienone is 2. The van der Waals surface area contributed by atoms with Crippen molar-refractivity contribution in [2.24, 2.45) is 0 Å². The average Bonchev–Trinajstić information content (AvgIpc) is 3.42. The lowest BCUT2D eigenvalue weighted by Gasteiger charge is -2.40. The van der Waals surface area contributed by atoms with E-state index in [0.29, 0.717) is 0 Å². The third kappa shape index (κ3) is 4.17. The molecule has 3 nitrogen and oxygen atoms in total. The second-order valence-corrected chi connectivity index (χ2v) is 13.3. The molecule has 0 bridgehead atoms.